The zero-order valence-corrected chi connectivity index (χ0v) is 17.8. The van der Waals surface area contributed by atoms with Gasteiger partial charge in [-0.05, 0) is 24.4 Å². The summed E-state index contributed by atoms with van der Waals surface area (Å²) < 4.78 is 6.96. The molecule has 1 unspecified atom stereocenters. The van der Waals surface area contributed by atoms with Gasteiger partial charge in [0.25, 0.3) is 0 Å². The molecule has 1 amide bonds. The maximum atomic E-state index is 13.4. The van der Waals surface area contributed by atoms with Crippen molar-refractivity contribution >= 4 is 28.6 Å². The van der Waals surface area contributed by atoms with Crippen LogP contribution in [0.3, 0.4) is 0 Å². The summed E-state index contributed by atoms with van der Waals surface area (Å²) in [6.45, 7) is 2.88. The van der Waals surface area contributed by atoms with Gasteiger partial charge in [-0.25, -0.2) is 0 Å². The number of morpholine rings is 1. The SMILES string of the molecule is Nn1c2c(c(Nc3ccccc3)c1C1=CCNC=C1)C(=O)CC(C(=O)N1CCOCC1)C2. The molecule has 2 aliphatic heterocycles. The minimum Gasteiger partial charge on any atom is -0.387 e. The molecule has 5 rings (SSSR count). The second kappa shape index (κ2) is 8.55. The number of nitrogen functional groups attached to an aromatic ring is 1. The average Bonchev–Trinajstić information content (AvgIpc) is 3.12. The number of ketones is 1. The molecule has 0 spiro atoms. The standard InChI is InChI=1S/C24H27N5O3/c25-29-19-14-17(24(31)28-10-12-32-13-11-28)15-20(30)21(19)22(27-18-4-2-1-3-5-18)23(29)16-6-8-26-9-7-16/h1-8,17,26-27H,9-15,25H2. The van der Waals surface area contributed by atoms with Gasteiger partial charge in [-0.3, -0.25) is 14.3 Å². The lowest BCUT2D eigenvalue weighted by Gasteiger charge is -2.31. The van der Waals surface area contributed by atoms with Crippen molar-refractivity contribution in [1.29, 1.82) is 0 Å². The Labute approximate surface area is 186 Å². The first-order chi connectivity index (χ1) is 15.6. The van der Waals surface area contributed by atoms with Crippen LogP contribution in [0, 0.1) is 5.92 Å². The molecule has 8 nitrogen and oxygen atoms in total. The fourth-order valence-corrected chi connectivity index (χ4v) is 4.69. The summed E-state index contributed by atoms with van der Waals surface area (Å²) in [6, 6.07) is 9.73. The van der Waals surface area contributed by atoms with Gasteiger partial charge < -0.3 is 26.1 Å². The smallest absolute Gasteiger partial charge is 0.226 e. The molecule has 1 fully saturated rings. The number of rotatable bonds is 4. The van der Waals surface area contributed by atoms with Crippen LogP contribution in [0.15, 0.2) is 48.7 Å². The summed E-state index contributed by atoms with van der Waals surface area (Å²) in [7, 11) is 0. The van der Waals surface area contributed by atoms with Gasteiger partial charge in [0.2, 0.25) is 5.91 Å². The summed E-state index contributed by atoms with van der Waals surface area (Å²) in [4.78, 5) is 28.3. The van der Waals surface area contributed by atoms with E-state index < -0.39 is 5.92 Å². The lowest BCUT2D eigenvalue weighted by molar-refractivity contribution is -0.139. The number of fused-ring (bicyclic) bond motifs is 1. The minimum atomic E-state index is -0.403. The molecule has 2 aromatic rings. The normalized spacial score (nSPS) is 20.4. The molecule has 0 saturated carbocycles. The summed E-state index contributed by atoms with van der Waals surface area (Å²) >= 11 is 0. The first-order valence-electron chi connectivity index (χ1n) is 11.0. The number of para-hydroxylation sites is 1. The molecule has 8 heteroatoms. The van der Waals surface area contributed by atoms with E-state index in [0.29, 0.717) is 56.2 Å². The number of carbonyl (C=O) groups is 2. The molecule has 32 heavy (non-hydrogen) atoms. The first kappa shape index (κ1) is 20.4. The fourth-order valence-electron chi connectivity index (χ4n) is 4.69. The quantitative estimate of drug-likeness (QED) is 0.638. The van der Waals surface area contributed by atoms with Gasteiger partial charge in [0.1, 0.15) is 0 Å². The number of ether oxygens (including phenoxy) is 1. The van der Waals surface area contributed by atoms with Gasteiger partial charge in [-0.1, -0.05) is 24.3 Å². The molecule has 1 aromatic carbocycles. The van der Waals surface area contributed by atoms with E-state index in [1.807, 2.05) is 48.7 Å². The number of nitrogens with zero attached hydrogens (tertiary/aromatic N) is 2. The third-order valence-corrected chi connectivity index (χ3v) is 6.27. The average molecular weight is 434 g/mol. The third-order valence-electron chi connectivity index (χ3n) is 6.27. The van der Waals surface area contributed by atoms with Crippen molar-refractivity contribution in [3.05, 3.63) is 65.6 Å². The van der Waals surface area contributed by atoms with Crippen LogP contribution in [0.5, 0.6) is 0 Å². The zero-order valence-electron chi connectivity index (χ0n) is 17.8. The molecule has 1 aromatic heterocycles. The van der Waals surface area contributed by atoms with Gasteiger partial charge in [0, 0.05) is 43.7 Å². The number of amides is 1. The largest absolute Gasteiger partial charge is 0.387 e. The molecule has 3 aliphatic rings. The predicted octanol–water partition coefficient (Wildman–Crippen LogP) is 2.05. The number of allylic oxidation sites excluding steroid dienone is 2. The van der Waals surface area contributed by atoms with Gasteiger partial charge in [0.15, 0.2) is 5.78 Å². The highest BCUT2D eigenvalue weighted by Gasteiger charge is 2.38. The van der Waals surface area contributed by atoms with Crippen molar-refractivity contribution < 1.29 is 14.3 Å². The van der Waals surface area contributed by atoms with Crippen LogP contribution in [0.4, 0.5) is 11.4 Å². The lowest BCUT2D eigenvalue weighted by Crippen LogP contribution is -2.45. The summed E-state index contributed by atoms with van der Waals surface area (Å²) in [5.74, 6) is 6.15. The van der Waals surface area contributed by atoms with E-state index >= 15 is 0 Å². The van der Waals surface area contributed by atoms with E-state index in [1.165, 1.54) is 0 Å². The number of anilines is 2. The number of benzene rings is 1. The van der Waals surface area contributed by atoms with Crippen molar-refractivity contribution in [2.75, 3.05) is 44.0 Å². The van der Waals surface area contributed by atoms with E-state index in [2.05, 4.69) is 10.6 Å². The van der Waals surface area contributed by atoms with Crippen LogP contribution in [-0.4, -0.2) is 54.1 Å². The van der Waals surface area contributed by atoms with Crippen molar-refractivity contribution in [2.24, 2.45) is 5.92 Å². The Morgan fingerprint density at radius 2 is 1.94 bits per heavy atom. The zero-order chi connectivity index (χ0) is 22.1. The molecular weight excluding hydrogens is 406 g/mol. The van der Waals surface area contributed by atoms with E-state index in [-0.39, 0.29) is 18.1 Å². The van der Waals surface area contributed by atoms with Crippen LogP contribution in [0.25, 0.3) is 5.57 Å². The number of hydrogen-bond acceptors (Lipinski definition) is 6. The number of carbonyl (C=O) groups excluding carboxylic acids is 2. The minimum absolute atomic E-state index is 0.00796. The van der Waals surface area contributed by atoms with Crippen LogP contribution >= 0.6 is 0 Å². The van der Waals surface area contributed by atoms with Crippen molar-refractivity contribution in [1.82, 2.24) is 14.9 Å². The number of hydrogen-bond donors (Lipinski definition) is 3. The fraction of sp³-hybridized carbons (Fsp3) is 0.333. The van der Waals surface area contributed by atoms with Gasteiger partial charge in [-0.15, -0.1) is 0 Å². The molecule has 166 valence electrons. The molecule has 1 atom stereocenters. The molecule has 3 heterocycles. The Morgan fingerprint density at radius 1 is 1.16 bits per heavy atom. The number of dihydropyridines is 1. The van der Waals surface area contributed by atoms with Crippen LogP contribution in [0.2, 0.25) is 0 Å². The Bertz CT molecular complexity index is 1100. The summed E-state index contributed by atoms with van der Waals surface area (Å²) in [5.41, 5.74) is 4.56. The first-order valence-corrected chi connectivity index (χ1v) is 11.0. The Balaban J connectivity index is 1.55. The van der Waals surface area contributed by atoms with Crippen molar-refractivity contribution in [3.63, 3.8) is 0 Å². The number of aromatic nitrogens is 1. The lowest BCUT2D eigenvalue weighted by atomic mass is 9.85. The van der Waals surface area contributed by atoms with E-state index in [0.717, 1.165) is 17.0 Å². The second-order valence-corrected chi connectivity index (χ2v) is 8.27. The highest BCUT2D eigenvalue weighted by molar-refractivity contribution is 6.08. The van der Waals surface area contributed by atoms with E-state index in [9.17, 15) is 9.59 Å². The molecule has 0 bridgehead atoms. The van der Waals surface area contributed by atoms with Crippen molar-refractivity contribution in [3.8, 4) is 0 Å². The Hall–Kier alpha value is -3.52. The maximum absolute atomic E-state index is 13.4. The van der Waals surface area contributed by atoms with Crippen LogP contribution in [-0.2, 0) is 16.0 Å². The second-order valence-electron chi connectivity index (χ2n) is 8.27. The molecule has 4 N–H and O–H groups in total. The Kier molecular flexibility index (Phi) is 5.45. The third kappa shape index (κ3) is 3.67. The highest BCUT2D eigenvalue weighted by atomic mass is 16.5. The summed E-state index contributed by atoms with van der Waals surface area (Å²) in [5, 5.41) is 6.58. The predicted molar refractivity (Wildman–Crippen MR) is 123 cm³/mol. The molecule has 1 saturated heterocycles. The number of nitrogens with one attached hydrogen (secondary N) is 2. The van der Waals surface area contributed by atoms with E-state index in [4.69, 9.17) is 10.6 Å². The number of Topliss-reactive ketones (excluding diaryl/α,β-unsaturated/α-hetero) is 1. The molecular formula is C24H27N5O3. The topological polar surface area (TPSA) is 102 Å². The van der Waals surface area contributed by atoms with Gasteiger partial charge in [-0.2, -0.15) is 0 Å². The molecule has 1 aliphatic carbocycles. The van der Waals surface area contributed by atoms with E-state index in [1.54, 1.807) is 9.58 Å². The summed E-state index contributed by atoms with van der Waals surface area (Å²) in [6.07, 6.45) is 6.49. The molecule has 0 radical (unpaired) electrons. The van der Waals surface area contributed by atoms with Crippen LogP contribution in [0.1, 0.15) is 28.2 Å². The van der Waals surface area contributed by atoms with Gasteiger partial charge in [0.05, 0.1) is 41.8 Å². The Morgan fingerprint density at radius 3 is 2.66 bits per heavy atom. The van der Waals surface area contributed by atoms with Crippen molar-refractivity contribution in [2.45, 2.75) is 12.8 Å². The van der Waals surface area contributed by atoms with Gasteiger partial charge >= 0.3 is 0 Å². The van der Waals surface area contributed by atoms with Crippen LogP contribution < -0.4 is 16.5 Å². The highest BCUT2D eigenvalue weighted by Crippen LogP contribution is 2.40. The number of nitrogens with two attached hydrogens (primary N) is 1. The maximum Gasteiger partial charge on any atom is 0.226 e. The monoisotopic (exact) mass is 433 g/mol.